The maximum absolute atomic E-state index is 11.3. The molecule has 0 saturated heterocycles. The van der Waals surface area contributed by atoms with Crippen LogP contribution in [0.2, 0.25) is 0 Å². The summed E-state index contributed by atoms with van der Waals surface area (Å²) in [5.41, 5.74) is 4.72. The van der Waals surface area contributed by atoms with E-state index in [0.717, 1.165) is 16.8 Å². The van der Waals surface area contributed by atoms with Crippen LogP contribution >= 0.6 is 11.3 Å². The van der Waals surface area contributed by atoms with E-state index >= 15 is 0 Å². The molecule has 1 aromatic heterocycles. The Morgan fingerprint density at radius 3 is 2.52 bits per heavy atom. The third kappa shape index (κ3) is 4.16. The third-order valence-corrected chi connectivity index (χ3v) is 4.40. The first kappa shape index (κ1) is 17.0. The topological polar surface area (TPSA) is 66.7 Å². The van der Waals surface area contributed by atoms with Crippen molar-refractivity contribution in [2.24, 2.45) is 10.2 Å². The van der Waals surface area contributed by atoms with Gasteiger partial charge in [0.05, 0.1) is 5.69 Å². The molecular weight excluding hydrogens is 332 g/mol. The van der Waals surface area contributed by atoms with E-state index in [0.29, 0.717) is 15.8 Å². The Hall–Kier alpha value is -2.86. The number of aryl methyl sites for hydroxylation is 2. The standard InChI is InChI=1S/C19H18N4OS/c1-12-9-10-16(13(2)11-12)22-23-18-17(15-7-5-4-6-8-15)21-19(25-18)20-14(3)24/h4-11H,1-3H3,(H,20,21,24). The Balaban J connectivity index is 2.00. The summed E-state index contributed by atoms with van der Waals surface area (Å²) >= 11 is 1.31. The molecule has 1 amide bonds. The fraction of sp³-hybridized carbons (Fsp3) is 0.158. The summed E-state index contributed by atoms with van der Waals surface area (Å²) in [5, 5.41) is 12.7. The van der Waals surface area contributed by atoms with E-state index in [-0.39, 0.29) is 5.91 Å². The van der Waals surface area contributed by atoms with Crippen molar-refractivity contribution in [2.45, 2.75) is 20.8 Å². The van der Waals surface area contributed by atoms with Gasteiger partial charge in [0.1, 0.15) is 5.69 Å². The first-order valence-electron chi connectivity index (χ1n) is 7.86. The minimum Gasteiger partial charge on any atom is -0.302 e. The number of nitrogens with zero attached hydrogens (tertiary/aromatic N) is 3. The predicted molar refractivity (Wildman–Crippen MR) is 102 cm³/mol. The van der Waals surface area contributed by atoms with Gasteiger partial charge in [-0.2, -0.15) is 0 Å². The second kappa shape index (κ2) is 7.36. The van der Waals surface area contributed by atoms with Crippen LogP contribution in [-0.2, 0) is 4.79 Å². The van der Waals surface area contributed by atoms with Crippen molar-refractivity contribution in [1.82, 2.24) is 4.98 Å². The van der Waals surface area contributed by atoms with Crippen molar-refractivity contribution >= 4 is 33.1 Å². The maximum atomic E-state index is 11.3. The number of rotatable bonds is 4. The third-order valence-electron chi connectivity index (χ3n) is 3.54. The summed E-state index contributed by atoms with van der Waals surface area (Å²) in [7, 11) is 0. The highest BCUT2D eigenvalue weighted by molar-refractivity contribution is 7.19. The molecule has 0 aliphatic carbocycles. The van der Waals surface area contributed by atoms with Gasteiger partial charge in [0.15, 0.2) is 10.1 Å². The lowest BCUT2D eigenvalue weighted by Crippen LogP contribution is -2.04. The molecular formula is C19H18N4OS. The first-order chi connectivity index (χ1) is 12.0. The molecule has 126 valence electrons. The van der Waals surface area contributed by atoms with Gasteiger partial charge in [0, 0.05) is 12.5 Å². The molecule has 25 heavy (non-hydrogen) atoms. The number of anilines is 1. The predicted octanol–water partition coefficient (Wildman–Crippen LogP) is 5.80. The maximum Gasteiger partial charge on any atom is 0.223 e. The molecule has 2 aromatic carbocycles. The van der Waals surface area contributed by atoms with Gasteiger partial charge in [-0.15, -0.1) is 10.2 Å². The molecule has 1 heterocycles. The van der Waals surface area contributed by atoms with Crippen LogP contribution in [0.4, 0.5) is 15.8 Å². The fourth-order valence-corrected chi connectivity index (χ4v) is 3.24. The van der Waals surface area contributed by atoms with E-state index in [1.807, 2.05) is 56.3 Å². The van der Waals surface area contributed by atoms with Gasteiger partial charge in [-0.1, -0.05) is 59.4 Å². The Kier molecular flexibility index (Phi) is 5.00. The second-order valence-electron chi connectivity index (χ2n) is 5.71. The summed E-state index contributed by atoms with van der Waals surface area (Å²) in [6.45, 7) is 5.51. The normalized spacial score (nSPS) is 11.0. The zero-order valence-corrected chi connectivity index (χ0v) is 15.1. The zero-order valence-electron chi connectivity index (χ0n) is 14.3. The van der Waals surface area contributed by atoms with E-state index in [1.165, 1.54) is 23.8 Å². The Labute approximate surface area is 150 Å². The molecule has 0 spiro atoms. The first-order valence-corrected chi connectivity index (χ1v) is 8.67. The molecule has 0 aliphatic rings. The molecule has 0 bridgehead atoms. The minimum absolute atomic E-state index is 0.161. The number of carbonyl (C=O) groups is 1. The van der Waals surface area contributed by atoms with Gasteiger partial charge in [0.25, 0.3) is 0 Å². The Morgan fingerprint density at radius 2 is 1.84 bits per heavy atom. The van der Waals surface area contributed by atoms with Gasteiger partial charge in [0.2, 0.25) is 5.91 Å². The average Bonchev–Trinajstić information content (AvgIpc) is 2.97. The number of amides is 1. The number of thiazole rings is 1. The molecule has 0 saturated carbocycles. The summed E-state index contributed by atoms with van der Waals surface area (Å²) in [6.07, 6.45) is 0. The lowest BCUT2D eigenvalue weighted by atomic mass is 10.1. The fourth-order valence-electron chi connectivity index (χ4n) is 2.38. The molecule has 0 aliphatic heterocycles. The van der Waals surface area contributed by atoms with Crippen LogP contribution in [0.25, 0.3) is 11.3 Å². The van der Waals surface area contributed by atoms with Crippen LogP contribution in [0.3, 0.4) is 0 Å². The van der Waals surface area contributed by atoms with E-state index < -0.39 is 0 Å². The zero-order chi connectivity index (χ0) is 17.8. The summed E-state index contributed by atoms with van der Waals surface area (Å²) in [6, 6.07) is 15.8. The summed E-state index contributed by atoms with van der Waals surface area (Å²) in [5.74, 6) is -0.161. The number of hydrogen-bond donors (Lipinski definition) is 1. The molecule has 6 heteroatoms. The van der Waals surface area contributed by atoms with Crippen LogP contribution in [0.5, 0.6) is 0 Å². The SMILES string of the molecule is CC(=O)Nc1nc(-c2ccccc2)c(N=Nc2ccc(C)cc2C)s1. The average molecular weight is 350 g/mol. The number of hydrogen-bond acceptors (Lipinski definition) is 5. The molecule has 3 aromatic rings. The molecule has 1 N–H and O–H groups in total. The van der Waals surface area contributed by atoms with E-state index in [2.05, 4.69) is 26.6 Å². The monoisotopic (exact) mass is 350 g/mol. The number of carbonyl (C=O) groups excluding carboxylic acids is 1. The molecule has 0 atom stereocenters. The lowest BCUT2D eigenvalue weighted by molar-refractivity contribution is -0.114. The van der Waals surface area contributed by atoms with Gasteiger partial charge in [-0.25, -0.2) is 4.98 Å². The number of benzene rings is 2. The van der Waals surface area contributed by atoms with E-state index in [9.17, 15) is 4.79 Å². The van der Waals surface area contributed by atoms with Crippen LogP contribution in [0, 0.1) is 13.8 Å². The summed E-state index contributed by atoms with van der Waals surface area (Å²) in [4.78, 5) is 15.8. The van der Waals surface area contributed by atoms with Crippen LogP contribution < -0.4 is 5.32 Å². The quantitative estimate of drug-likeness (QED) is 0.604. The van der Waals surface area contributed by atoms with Gasteiger partial charge in [-0.05, 0) is 25.5 Å². The van der Waals surface area contributed by atoms with Crippen molar-refractivity contribution in [1.29, 1.82) is 0 Å². The Bertz CT molecular complexity index is 932. The van der Waals surface area contributed by atoms with Gasteiger partial charge >= 0.3 is 0 Å². The highest BCUT2D eigenvalue weighted by Gasteiger charge is 2.14. The number of aromatic nitrogens is 1. The smallest absolute Gasteiger partial charge is 0.223 e. The van der Waals surface area contributed by atoms with Gasteiger partial charge in [-0.3, -0.25) is 4.79 Å². The van der Waals surface area contributed by atoms with Crippen LogP contribution in [0.1, 0.15) is 18.1 Å². The minimum atomic E-state index is -0.161. The number of azo groups is 1. The Morgan fingerprint density at radius 1 is 1.08 bits per heavy atom. The van der Waals surface area contributed by atoms with Crippen molar-refractivity contribution in [3.63, 3.8) is 0 Å². The van der Waals surface area contributed by atoms with Crippen molar-refractivity contribution < 1.29 is 4.79 Å². The molecule has 0 radical (unpaired) electrons. The lowest BCUT2D eigenvalue weighted by Gasteiger charge is -2.00. The summed E-state index contributed by atoms with van der Waals surface area (Å²) < 4.78 is 0. The van der Waals surface area contributed by atoms with Gasteiger partial charge < -0.3 is 5.32 Å². The van der Waals surface area contributed by atoms with E-state index in [4.69, 9.17) is 0 Å². The number of nitrogens with one attached hydrogen (secondary N) is 1. The van der Waals surface area contributed by atoms with Crippen LogP contribution in [0.15, 0.2) is 58.8 Å². The molecule has 5 nitrogen and oxygen atoms in total. The molecule has 0 unspecified atom stereocenters. The van der Waals surface area contributed by atoms with E-state index in [1.54, 1.807) is 0 Å². The molecule has 3 rings (SSSR count). The van der Waals surface area contributed by atoms with Crippen LogP contribution in [-0.4, -0.2) is 10.9 Å². The van der Waals surface area contributed by atoms with Crippen molar-refractivity contribution in [3.05, 3.63) is 59.7 Å². The molecule has 0 fully saturated rings. The largest absolute Gasteiger partial charge is 0.302 e. The van der Waals surface area contributed by atoms with Crippen molar-refractivity contribution in [3.8, 4) is 11.3 Å². The second-order valence-corrected chi connectivity index (χ2v) is 6.69. The van der Waals surface area contributed by atoms with Crippen molar-refractivity contribution in [2.75, 3.05) is 5.32 Å². The highest BCUT2D eigenvalue weighted by atomic mass is 32.1. The highest BCUT2D eigenvalue weighted by Crippen LogP contribution is 2.39.